The minimum atomic E-state index is -0.262. The summed E-state index contributed by atoms with van der Waals surface area (Å²) in [6, 6.07) is 5.34. The maximum absolute atomic E-state index is 12.6. The molecule has 1 unspecified atom stereocenters. The number of carbonyl (C=O) groups is 1. The largest absolute Gasteiger partial charge is 0.486 e. The Kier molecular flexibility index (Phi) is 3.87. The van der Waals surface area contributed by atoms with Gasteiger partial charge >= 0.3 is 0 Å². The standard InChI is InChI=1S/C17H21NO5/c19-16(12-1-2-13-14(11-12)22-10-9-21-13)18-15-3-6-23-17(15)4-7-20-8-5-17/h1-2,11,15H,3-10H2,(H,18,19). The number of ether oxygens (including phenoxy) is 4. The van der Waals surface area contributed by atoms with Crippen LogP contribution in [0.4, 0.5) is 0 Å². The van der Waals surface area contributed by atoms with Gasteiger partial charge < -0.3 is 24.3 Å². The van der Waals surface area contributed by atoms with E-state index in [2.05, 4.69) is 5.32 Å². The van der Waals surface area contributed by atoms with E-state index in [4.69, 9.17) is 18.9 Å². The maximum atomic E-state index is 12.6. The molecule has 0 bridgehead atoms. The normalized spacial score (nSPS) is 25.3. The highest BCUT2D eigenvalue weighted by molar-refractivity contribution is 5.95. The van der Waals surface area contributed by atoms with Gasteiger partial charge in [-0.05, 0) is 24.6 Å². The number of amides is 1. The highest BCUT2D eigenvalue weighted by Crippen LogP contribution is 2.36. The molecule has 6 nitrogen and oxygen atoms in total. The van der Waals surface area contributed by atoms with Crippen LogP contribution in [-0.2, 0) is 9.47 Å². The second-order valence-corrected chi connectivity index (χ2v) is 6.20. The topological polar surface area (TPSA) is 66.0 Å². The summed E-state index contributed by atoms with van der Waals surface area (Å²) in [4.78, 5) is 12.6. The lowest BCUT2D eigenvalue weighted by molar-refractivity contribution is -0.0872. The molecule has 1 amide bonds. The molecule has 124 valence electrons. The van der Waals surface area contributed by atoms with Gasteiger partial charge in [0.1, 0.15) is 13.2 Å². The second-order valence-electron chi connectivity index (χ2n) is 6.20. The molecular weight excluding hydrogens is 298 g/mol. The first-order valence-corrected chi connectivity index (χ1v) is 8.19. The molecule has 3 heterocycles. The fourth-order valence-electron chi connectivity index (χ4n) is 3.58. The van der Waals surface area contributed by atoms with Crippen LogP contribution in [0.2, 0.25) is 0 Å². The quantitative estimate of drug-likeness (QED) is 0.895. The minimum absolute atomic E-state index is 0.0344. The lowest BCUT2D eigenvalue weighted by Crippen LogP contribution is -2.52. The summed E-state index contributed by atoms with van der Waals surface area (Å²) in [5, 5.41) is 3.15. The summed E-state index contributed by atoms with van der Waals surface area (Å²) >= 11 is 0. The first-order chi connectivity index (χ1) is 11.3. The molecule has 0 aliphatic carbocycles. The van der Waals surface area contributed by atoms with E-state index < -0.39 is 0 Å². The molecule has 6 heteroatoms. The van der Waals surface area contributed by atoms with Gasteiger partial charge in [-0.25, -0.2) is 0 Å². The van der Waals surface area contributed by atoms with E-state index in [1.54, 1.807) is 18.2 Å². The molecule has 0 saturated carbocycles. The summed E-state index contributed by atoms with van der Waals surface area (Å²) in [7, 11) is 0. The van der Waals surface area contributed by atoms with Gasteiger partial charge in [0.25, 0.3) is 5.91 Å². The average molecular weight is 319 g/mol. The molecule has 1 atom stereocenters. The first-order valence-electron chi connectivity index (χ1n) is 8.19. The third kappa shape index (κ3) is 2.77. The van der Waals surface area contributed by atoms with Crippen LogP contribution in [0.15, 0.2) is 18.2 Å². The summed E-state index contributed by atoms with van der Waals surface area (Å²) in [5.74, 6) is 1.23. The molecule has 3 aliphatic rings. The number of hydrogen-bond donors (Lipinski definition) is 1. The van der Waals surface area contributed by atoms with Gasteiger partial charge in [-0.3, -0.25) is 4.79 Å². The van der Waals surface area contributed by atoms with Crippen LogP contribution >= 0.6 is 0 Å². The number of fused-ring (bicyclic) bond motifs is 1. The van der Waals surface area contributed by atoms with Gasteiger partial charge in [-0.1, -0.05) is 0 Å². The predicted octanol–water partition coefficient (Wildman–Crippen LogP) is 1.53. The van der Waals surface area contributed by atoms with Crippen LogP contribution < -0.4 is 14.8 Å². The van der Waals surface area contributed by atoms with Gasteiger partial charge in [0, 0.05) is 38.2 Å². The number of rotatable bonds is 2. The molecule has 1 aromatic rings. The third-order valence-corrected chi connectivity index (χ3v) is 4.88. The van der Waals surface area contributed by atoms with Gasteiger partial charge in [0.05, 0.1) is 11.6 Å². The van der Waals surface area contributed by atoms with Crippen molar-refractivity contribution in [3.8, 4) is 11.5 Å². The van der Waals surface area contributed by atoms with E-state index in [1.165, 1.54) is 0 Å². The van der Waals surface area contributed by atoms with Gasteiger partial charge in [0.2, 0.25) is 0 Å². The molecule has 1 aromatic carbocycles. The van der Waals surface area contributed by atoms with Gasteiger partial charge in [-0.15, -0.1) is 0 Å². The van der Waals surface area contributed by atoms with Crippen molar-refractivity contribution in [3.63, 3.8) is 0 Å². The summed E-state index contributed by atoms with van der Waals surface area (Å²) < 4.78 is 22.5. The van der Waals surface area contributed by atoms with Gasteiger partial charge in [-0.2, -0.15) is 0 Å². The summed E-state index contributed by atoms with van der Waals surface area (Å²) in [6.45, 7) is 3.12. The molecule has 4 rings (SSSR count). The highest BCUT2D eigenvalue weighted by Gasteiger charge is 2.46. The third-order valence-electron chi connectivity index (χ3n) is 4.88. The number of benzene rings is 1. The van der Waals surface area contributed by atoms with Gasteiger partial charge in [0.15, 0.2) is 11.5 Å². The molecule has 3 aliphatic heterocycles. The lowest BCUT2D eigenvalue weighted by atomic mass is 9.86. The van der Waals surface area contributed by atoms with E-state index >= 15 is 0 Å². The van der Waals surface area contributed by atoms with Crippen molar-refractivity contribution in [2.75, 3.05) is 33.0 Å². The van der Waals surface area contributed by atoms with E-state index in [9.17, 15) is 4.79 Å². The number of hydrogen-bond acceptors (Lipinski definition) is 5. The van der Waals surface area contributed by atoms with Crippen LogP contribution in [0.25, 0.3) is 0 Å². The maximum Gasteiger partial charge on any atom is 0.251 e. The Morgan fingerprint density at radius 3 is 2.65 bits per heavy atom. The minimum Gasteiger partial charge on any atom is -0.486 e. The Balaban J connectivity index is 1.49. The molecule has 1 spiro atoms. The lowest BCUT2D eigenvalue weighted by Gasteiger charge is -2.37. The fourth-order valence-corrected chi connectivity index (χ4v) is 3.58. The van der Waals surface area contributed by atoms with Crippen molar-refractivity contribution in [1.29, 1.82) is 0 Å². The molecule has 2 fully saturated rings. The number of nitrogens with one attached hydrogen (secondary N) is 1. The average Bonchev–Trinajstić information content (AvgIpc) is 2.96. The zero-order valence-electron chi connectivity index (χ0n) is 13.0. The molecule has 1 N–H and O–H groups in total. The van der Waals surface area contributed by atoms with E-state index in [-0.39, 0.29) is 17.6 Å². The van der Waals surface area contributed by atoms with Crippen LogP contribution in [0.1, 0.15) is 29.6 Å². The zero-order chi connectivity index (χ0) is 15.7. The van der Waals surface area contributed by atoms with E-state index in [0.717, 1.165) is 19.3 Å². The van der Waals surface area contributed by atoms with Crippen molar-refractivity contribution in [2.24, 2.45) is 0 Å². The predicted molar refractivity (Wildman–Crippen MR) is 82.0 cm³/mol. The van der Waals surface area contributed by atoms with E-state index in [0.29, 0.717) is 50.1 Å². The van der Waals surface area contributed by atoms with Crippen molar-refractivity contribution in [1.82, 2.24) is 5.32 Å². The Labute approximate surface area is 135 Å². The Morgan fingerprint density at radius 2 is 1.83 bits per heavy atom. The fraction of sp³-hybridized carbons (Fsp3) is 0.588. The Hall–Kier alpha value is -1.79. The Bertz CT molecular complexity index is 597. The number of carbonyl (C=O) groups excluding carboxylic acids is 1. The van der Waals surface area contributed by atoms with Crippen molar-refractivity contribution in [2.45, 2.75) is 30.9 Å². The molecule has 2 saturated heterocycles. The second kappa shape index (κ2) is 6.02. The highest BCUT2D eigenvalue weighted by atomic mass is 16.6. The van der Waals surface area contributed by atoms with Crippen LogP contribution in [0.5, 0.6) is 11.5 Å². The monoisotopic (exact) mass is 319 g/mol. The molecular formula is C17H21NO5. The van der Waals surface area contributed by atoms with Crippen molar-refractivity contribution in [3.05, 3.63) is 23.8 Å². The van der Waals surface area contributed by atoms with Crippen LogP contribution in [0.3, 0.4) is 0 Å². The smallest absolute Gasteiger partial charge is 0.251 e. The molecule has 23 heavy (non-hydrogen) atoms. The first kappa shape index (κ1) is 14.8. The summed E-state index contributed by atoms with van der Waals surface area (Å²) in [6.07, 6.45) is 2.51. The zero-order valence-corrected chi connectivity index (χ0v) is 13.0. The SMILES string of the molecule is O=C(NC1CCOC12CCOCC2)c1ccc2c(c1)OCCO2. The van der Waals surface area contributed by atoms with Crippen LogP contribution in [0, 0.1) is 0 Å². The van der Waals surface area contributed by atoms with Crippen molar-refractivity contribution >= 4 is 5.91 Å². The van der Waals surface area contributed by atoms with Crippen LogP contribution in [-0.4, -0.2) is 50.6 Å². The summed E-state index contributed by atoms with van der Waals surface area (Å²) in [5.41, 5.74) is 0.324. The Morgan fingerprint density at radius 1 is 1.04 bits per heavy atom. The molecule has 0 radical (unpaired) electrons. The molecule has 0 aromatic heterocycles. The van der Waals surface area contributed by atoms with E-state index in [1.807, 2.05) is 0 Å². The van der Waals surface area contributed by atoms with Crippen molar-refractivity contribution < 1.29 is 23.7 Å².